The summed E-state index contributed by atoms with van der Waals surface area (Å²) in [7, 11) is 0. The Morgan fingerprint density at radius 2 is 0.750 bits per heavy atom. The Kier molecular flexibility index (Phi) is 7.24. The Morgan fingerprint density at radius 1 is 0.283 bits per heavy atom. The molecule has 1 nitrogen and oxygen atoms in total. The first kappa shape index (κ1) is 33.5. The van der Waals surface area contributed by atoms with Crippen LogP contribution in [0.5, 0.6) is 0 Å². The average Bonchev–Trinajstić information content (AvgIpc) is 3.89. The highest BCUT2D eigenvalue weighted by Gasteiger charge is 2.23. The van der Waals surface area contributed by atoms with Crippen LogP contribution in [0, 0.1) is 0 Å². The average molecular weight is 779 g/mol. The van der Waals surface area contributed by atoms with Gasteiger partial charge in [0.05, 0.1) is 0 Å². The third kappa shape index (κ3) is 4.80. The van der Waals surface area contributed by atoms with Gasteiger partial charge in [-0.1, -0.05) is 182 Å². The first-order valence-corrected chi connectivity index (χ1v) is 21.4. The van der Waals surface area contributed by atoms with E-state index in [1.165, 1.54) is 102 Å². The number of rotatable bonds is 4. The molecule has 13 rings (SSSR count). The van der Waals surface area contributed by atoms with Gasteiger partial charge >= 0.3 is 0 Å². The Morgan fingerprint density at radius 3 is 1.37 bits per heavy atom. The zero-order valence-corrected chi connectivity index (χ0v) is 33.3. The summed E-state index contributed by atoms with van der Waals surface area (Å²) in [5, 5.41) is 14.8. The fourth-order valence-electron chi connectivity index (χ4n) is 10.2. The number of hydrogen-bond acceptors (Lipinski definition) is 2. The van der Waals surface area contributed by atoms with Gasteiger partial charge in [0.15, 0.2) is 0 Å². The molecule has 0 unspecified atom stereocenters. The monoisotopic (exact) mass is 778 g/mol. The largest absolute Gasteiger partial charge is 0.455 e. The van der Waals surface area contributed by atoms with Gasteiger partial charge in [0.25, 0.3) is 0 Å². The van der Waals surface area contributed by atoms with Crippen LogP contribution in [0.2, 0.25) is 0 Å². The molecule has 0 saturated heterocycles. The fourth-order valence-corrected chi connectivity index (χ4v) is 11.3. The molecular formula is C58H34OS. The Balaban J connectivity index is 1.10. The van der Waals surface area contributed by atoms with Crippen LogP contribution in [0.15, 0.2) is 211 Å². The highest BCUT2D eigenvalue weighted by atomic mass is 32.1. The maximum Gasteiger partial charge on any atom is 0.143 e. The van der Waals surface area contributed by atoms with Crippen molar-refractivity contribution in [2.45, 2.75) is 0 Å². The van der Waals surface area contributed by atoms with Gasteiger partial charge in [-0.3, -0.25) is 0 Å². The third-order valence-electron chi connectivity index (χ3n) is 12.7. The van der Waals surface area contributed by atoms with E-state index in [1.54, 1.807) is 0 Å². The third-order valence-corrected chi connectivity index (χ3v) is 13.8. The van der Waals surface area contributed by atoms with Gasteiger partial charge in [0.2, 0.25) is 0 Å². The highest BCUT2D eigenvalue weighted by molar-refractivity contribution is 7.26. The summed E-state index contributed by atoms with van der Waals surface area (Å²) in [6.07, 6.45) is 0. The number of para-hydroxylation sites is 2. The number of hydrogen-bond donors (Lipinski definition) is 0. The molecule has 0 fully saturated rings. The molecular weight excluding hydrogens is 745 g/mol. The second kappa shape index (κ2) is 13.0. The molecule has 278 valence electrons. The molecule has 2 heteroatoms. The van der Waals surface area contributed by atoms with Crippen LogP contribution in [-0.2, 0) is 0 Å². The van der Waals surface area contributed by atoms with Crippen molar-refractivity contribution >= 4 is 96.5 Å². The smallest absolute Gasteiger partial charge is 0.143 e. The van der Waals surface area contributed by atoms with E-state index in [1.807, 2.05) is 17.4 Å². The molecule has 2 aromatic heterocycles. The van der Waals surface area contributed by atoms with Gasteiger partial charge in [-0.05, 0) is 101 Å². The standard InChI is InChI=1S/C58H34OS/c1-2-16-35(17-3-1)53-38-19-4-6-21-40(38)54(41-22-7-5-20-39(41)53)36-32-33-51-49(34-36)57-47(28-15-31-52(57)60-51)55-42-23-8-10-25-44(42)56(45-26-11-9-24-43(45)55)48-29-14-27-46-37-18-12-13-30-50(37)59-58(46)48/h1-34H. The molecule has 60 heavy (non-hydrogen) atoms. The topological polar surface area (TPSA) is 13.1 Å². The maximum atomic E-state index is 6.68. The number of fused-ring (bicyclic) bond motifs is 10. The lowest BCUT2D eigenvalue weighted by atomic mass is 9.84. The van der Waals surface area contributed by atoms with Gasteiger partial charge in [-0.2, -0.15) is 0 Å². The number of furan rings is 1. The molecule has 2 heterocycles. The van der Waals surface area contributed by atoms with Crippen LogP contribution in [0.3, 0.4) is 0 Å². The van der Waals surface area contributed by atoms with Gasteiger partial charge < -0.3 is 4.42 Å². The number of benzene rings is 11. The van der Waals surface area contributed by atoms with Gasteiger partial charge in [0.1, 0.15) is 11.2 Å². The van der Waals surface area contributed by atoms with E-state index in [0.717, 1.165) is 27.5 Å². The van der Waals surface area contributed by atoms with Crippen LogP contribution in [0.25, 0.3) is 130 Å². The van der Waals surface area contributed by atoms with E-state index in [-0.39, 0.29) is 0 Å². The van der Waals surface area contributed by atoms with E-state index in [9.17, 15) is 0 Å². The quantitative estimate of drug-likeness (QED) is 0.162. The summed E-state index contributed by atoms with van der Waals surface area (Å²) >= 11 is 1.88. The molecule has 0 aliphatic carbocycles. The molecule has 0 amide bonds. The summed E-state index contributed by atoms with van der Waals surface area (Å²) in [4.78, 5) is 0. The van der Waals surface area contributed by atoms with Crippen molar-refractivity contribution in [3.63, 3.8) is 0 Å². The van der Waals surface area contributed by atoms with Crippen molar-refractivity contribution < 1.29 is 4.42 Å². The Bertz CT molecular complexity index is 3770. The van der Waals surface area contributed by atoms with Crippen molar-refractivity contribution in [3.05, 3.63) is 206 Å². The summed E-state index contributed by atoms with van der Waals surface area (Å²) in [6.45, 7) is 0. The lowest BCUT2D eigenvalue weighted by Crippen LogP contribution is -1.92. The minimum Gasteiger partial charge on any atom is -0.455 e. The predicted octanol–water partition coefficient (Wildman–Crippen LogP) is 17.2. The summed E-state index contributed by atoms with van der Waals surface area (Å²) in [5.74, 6) is 0. The van der Waals surface area contributed by atoms with Gasteiger partial charge in [0, 0.05) is 42.1 Å². The second-order valence-corrected chi connectivity index (χ2v) is 16.9. The molecule has 0 N–H and O–H groups in total. The molecule has 0 spiro atoms. The SMILES string of the molecule is c1ccc(-c2c3ccccc3c(-c3ccc4sc5cccc(-c6c7ccccc7c(-c7cccc8c7oc7ccccc78)c7ccccc67)c5c4c3)c3ccccc23)cc1. The van der Waals surface area contributed by atoms with Gasteiger partial charge in [-0.25, -0.2) is 0 Å². The van der Waals surface area contributed by atoms with E-state index >= 15 is 0 Å². The molecule has 0 atom stereocenters. The van der Waals surface area contributed by atoms with E-state index in [2.05, 4.69) is 200 Å². The lowest BCUT2D eigenvalue weighted by molar-refractivity contribution is 0.670. The van der Waals surface area contributed by atoms with Crippen molar-refractivity contribution in [1.29, 1.82) is 0 Å². The normalized spacial score (nSPS) is 12.0. The summed E-state index contributed by atoms with van der Waals surface area (Å²) in [5.41, 5.74) is 11.7. The first-order chi connectivity index (χ1) is 29.8. The predicted molar refractivity (Wildman–Crippen MR) is 258 cm³/mol. The van der Waals surface area contributed by atoms with E-state index in [4.69, 9.17) is 4.42 Å². The van der Waals surface area contributed by atoms with Crippen molar-refractivity contribution in [2.75, 3.05) is 0 Å². The van der Waals surface area contributed by atoms with Crippen LogP contribution in [-0.4, -0.2) is 0 Å². The maximum absolute atomic E-state index is 6.68. The molecule has 0 aliphatic rings. The Labute approximate surface area is 350 Å². The van der Waals surface area contributed by atoms with Crippen LogP contribution in [0.4, 0.5) is 0 Å². The van der Waals surface area contributed by atoms with E-state index in [0.29, 0.717) is 0 Å². The van der Waals surface area contributed by atoms with Crippen molar-refractivity contribution in [3.8, 4) is 44.5 Å². The van der Waals surface area contributed by atoms with Crippen LogP contribution >= 0.6 is 11.3 Å². The lowest BCUT2D eigenvalue weighted by Gasteiger charge is -2.19. The minimum atomic E-state index is 0.911. The van der Waals surface area contributed by atoms with Crippen LogP contribution in [0.1, 0.15) is 0 Å². The zero-order chi connectivity index (χ0) is 39.3. The van der Waals surface area contributed by atoms with Crippen molar-refractivity contribution in [1.82, 2.24) is 0 Å². The first-order valence-electron chi connectivity index (χ1n) is 20.6. The zero-order valence-electron chi connectivity index (χ0n) is 32.4. The number of thiophene rings is 1. The Hall–Kier alpha value is -7.52. The minimum absolute atomic E-state index is 0.911. The van der Waals surface area contributed by atoms with Gasteiger partial charge in [-0.15, -0.1) is 11.3 Å². The molecule has 11 aromatic carbocycles. The van der Waals surface area contributed by atoms with E-state index < -0.39 is 0 Å². The molecule has 13 aromatic rings. The summed E-state index contributed by atoms with van der Waals surface area (Å²) < 4.78 is 9.26. The summed E-state index contributed by atoms with van der Waals surface area (Å²) in [6, 6.07) is 75.7. The molecule has 0 aliphatic heterocycles. The molecule has 0 radical (unpaired) electrons. The fraction of sp³-hybridized carbons (Fsp3) is 0. The molecule has 0 saturated carbocycles. The highest BCUT2D eigenvalue weighted by Crippen LogP contribution is 2.51. The van der Waals surface area contributed by atoms with Crippen LogP contribution < -0.4 is 0 Å². The molecule has 0 bridgehead atoms. The second-order valence-electron chi connectivity index (χ2n) is 15.8. The van der Waals surface area contributed by atoms with Crippen molar-refractivity contribution in [2.24, 2.45) is 0 Å².